The van der Waals surface area contributed by atoms with E-state index in [1.807, 2.05) is 0 Å². The molecule has 2 atom stereocenters. The minimum Gasteiger partial charge on any atom is -0.368 e. The van der Waals surface area contributed by atoms with Gasteiger partial charge in [0.05, 0.1) is 0 Å². The lowest BCUT2D eigenvalue weighted by molar-refractivity contribution is -0.529. The first kappa shape index (κ1) is 12.7. The molecular weight excluding hydrogens is 216 g/mol. The Morgan fingerprint density at radius 1 is 0.933 bits per heavy atom. The van der Waals surface area contributed by atoms with Crippen molar-refractivity contribution in [3.05, 3.63) is 0 Å². The molecule has 15 heavy (non-hydrogen) atoms. The highest BCUT2D eigenvalue weighted by atomic mass is 16.8. The molecule has 1 aliphatic heterocycles. The van der Waals surface area contributed by atoms with Gasteiger partial charge in [0.25, 0.3) is 5.79 Å². The van der Waals surface area contributed by atoms with Crippen LogP contribution >= 0.6 is 0 Å². The van der Waals surface area contributed by atoms with Crippen LogP contribution in [-0.4, -0.2) is 70.8 Å². The maximum atomic E-state index is 9.15. The van der Waals surface area contributed by atoms with E-state index < -0.39 is 29.9 Å². The lowest BCUT2D eigenvalue weighted by Gasteiger charge is -2.47. The topological polar surface area (TPSA) is 171 Å². The first-order valence-corrected chi connectivity index (χ1v) is 3.90. The van der Waals surface area contributed by atoms with E-state index in [1.54, 1.807) is 0 Å². The van der Waals surface area contributed by atoms with E-state index >= 15 is 0 Å². The van der Waals surface area contributed by atoms with E-state index in [2.05, 4.69) is 4.74 Å². The van der Waals surface area contributed by atoms with Crippen molar-refractivity contribution in [2.75, 3.05) is 0 Å². The van der Waals surface area contributed by atoms with Gasteiger partial charge in [0.1, 0.15) is 6.10 Å². The quantitative estimate of drug-likeness (QED) is 0.220. The van der Waals surface area contributed by atoms with Crippen LogP contribution in [-0.2, 0) is 4.74 Å². The van der Waals surface area contributed by atoms with Crippen molar-refractivity contribution in [3.63, 3.8) is 0 Å². The molecule has 0 amide bonds. The molecule has 2 unspecified atom stereocenters. The van der Waals surface area contributed by atoms with E-state index in [0.29, 0.717) is 0 Å². The summed E-state index contributed by atoms with van der Waals surface area (Å²) in [6, 6.07) is 0. The molecule has 0 aromatic rings. The van der Waals surface area contributed by atoms with Gasteiger partial charge in [-0.25, -0.2) is 0 Å². The summed E-state index contributed by atoms with van der Waals surface area (Å²) in [4.78, 5) is 0. The first-order valence-electron chi connectivity index (χ1n) is 3.90. The average molecular weight is 228 g/mol. The summed E-state index contributed by atoms with van der Waals surface area (Å²) in [6.45, 7) is 0. The van der Waals surface area contributed by atoms with Gasteiger partial charge in [-0.1, -0.05) is 0 Å². The van der Waals surface area contributed by atoms with Crippen LogP contribution in [0.5, 0.6) is 0 Å². The van der Waals surface area contributed by atoms with Gasteiger partial charge in [-0.2, -0.15) is 0 Å². The fourth-order valence-electron chi connectivity index (χ4n) is 1.09. The van der Waals surface area contributed by atoms with Crippen LogP contribution in [0.4, 0.5) is 0 Å². The number of hydrogen-bond donors (Lipinski definition) is 8. The maximum absolute atomic E-state index is 9.15. The Morgan fingerprint density at radius 3 is 1.60 bits per heavy atom. The summed E-state index contributed by atoms with van der Waals surface area (Å²) in [5, 5.41) is 70.3. The van der Waals surface area contributed by atoms with E-state index in [9.17, 15) is 0 Å². The van der Waals surface area contributed by atoms with Gasteiger partial charge in [0.2, 0.25) is 0 Å². The molecule has 1 saturated heterocycles. The molecule has 0 aliphatic carbocycles. The van der Waals surface area contributed by atoms with E-state index in [4.69, 9.17) is 40.9 Å². The third-order valence-corrected chi connectivity index (χ3v) is 2.17. The summed E-state index contributed by atoms with van der Waals surface area (Å²) in [5.74, 6) is -11.8. The van der Waals surface area contributed by atoms with Gasteiger partial charge in [0, 0.05) is 6.42 Å². The van der Waals surface area contributed by atoms with Crippen LogP contribution in [0.25, 0.3) is 0 Å². The molecule has 0 bridgehead atoms. The summed E-state index contributed by atoms with van der Waals surface area (Å²) >= 11 is 0. The Labute approximate surface area is 83.0 Å². The van der Waals surface area contributed by atoms with Gasteiger partial charge >= 0.3 is 11.8 Å². The monoisotopic (exact) mass is 228 g/mol. The fraction of sp³-hybridized carbons (Fsp3) is 1.00. The average Bonchev–Trinajstić information content (AvgIpc) is 1.96. The molecule has 0 saturated carbocycles. The molecule has 0 aromatic heterocycles. The van der Waals surface area contributed by atoms with E-state index in [-0.39, 0.29) is 6.42 Å². The molecule has 0 radical (unpaired) electrons. The number of rotatable bonds is 3. The van der Waals surface area contributed by atoms with Crippen LogP contribution in [0.3, 0.4) is 0 Å². The van der Waals surface area contributed by atoms with Gasteiger partial charge in [-0.05, 0) is 0 Å². The highest BCUT2D eigenvalue weighted by Crippen LogP contribution is 2.36. The molecule has 1 rings (SSSR count). The third-order valence-electron chi connectivity index (χ3n) is 2.17. The molecule has 1 heterocycles. The second kappa shape index (κ2) is 3.31. The zero-order valence-electron chi connectivity index (χ0n) is 7.35. The van der Waals surface area contributed by atoms with Gasteiger partial charge in [-0.15, -0.1) is 0 Å². The zero-order valence-corrected chi connectivity index (χ0v) is 7.35. The van der Waals surface area contributed by atoms with Crippen LogP contribution in [0, 0.1) is 0 Å². The minimum absolute atomic E-state index is 0.383. The summed E-state index contributed by atoms with van der Waals surface area (Å²) < 4.78 is 4.29. The van der Waals surface area contributed by atoms with Gasteiger partial charge < -0.3 is 45.6 Å². The van der Waals surface area contributed by atoms with Crippen molar-refractivity contribution >= 4 is 0 Å². The summed E-state index contributed by atoms with van der Waals surface area (Å²) in [5.41, 5.74) is 0. The van der Waals surface area contributed by atoms with Crippen molar-refractivity contribution in [1.82, 2.24) is 0 Å². The SMILES string of the molecule is OC1CC(C(O)(O)C(O)(O)C(O)(O)O)O1. The smallest absolute Gasteiger partial charge is 0.338 e. The van der Waals surface area contributed by atoms with Crippen molar-refractivity contribution in [2.24, 2.45) is 0 Å². The van der Waals surface area contributed by atoms with E-state index in [1.165, 1.54) is 0 Å². The van der Waals surface area contributed by atoms with Crippen LogP contribution < -0.4 is 0 Å². The van der Waals surface area contributed by atoms with Crippen LogP contribution in [0.1, 0.15) is 6.42 Å². The Kier molecular flexibility index (Phi) is 2.81. The highest BCUT2D eigenvalue weighted by Gasteiger charge is 2.67. The molecule has 1 fully saturated rings. The summed E-state index contributed by atoms with van der Waals surface area (Å²) in [7, 11) is 0. The van der Waals surface area contributed by atoms with E-state index in [0.717, 1.165) is 0 Å². The Balaban J connectivity index is 2.85. The van der Waals surface area contributed by atoms with Crippen molar-refractivity contribution in [1.29, 1.82) is 0 Å². The zero-order chi connectivity index (χ0) is 12.1. The van der Waals surface area contributed by atoms with Crippen molar-refractivity contribution in [2.45, 2.75) is 36.4 Å². The first-order chi connectivity index (χ1) is 6.50. The minimum atomic E-state index is -4.17. The van der Waals surface area contributed by atoms with Crippen molar-refractivity contribution < 1.29 is 45.6 Å². The normalized spacial score (nSPS) is 28.8. The Morgan fingerprint density at radius 2 is 1.33 bits per heavy atom. The molecule has 9 heteroatoms. The molecule has 9 nitrogen and oxygen atoms in total. The van der Waals surface area contributed by atoms with Crippen LogP contribution in [0.15, 0.2) is 0 Å². The molecule has 90 valence electrons. The Bertz CT molecular complexity index is 235. The number of aliphatic hydroxyl groups excluding tert-OH is 1. The molecule has 1 aliphatic rings. The van der Waals surface area contributed by atoms with Gasteiger partial charge in [0.15, 0.2) is 6.29 Å². The standard InChI is InChI=1S/C6H12O9/c7-3-1-2(15-3)4(8,9)5(10,11)6(12,13)14/h2-3,7-14H,1H2. The fourth-order valence-corrected chi connectivity index (χ4v) is 1.09. The maximum Gasteiger partial charge on any atom is 0.338 e. The summed E-state index contributed by atoms with van der Waals surface area (Å²) in [6.07, 6.45) is -3.39. The lowest BCUT2D eigenvalue weighted by Crippen LogP contribution is -2.74. The number of aliphatic hydroxyl groups is 8. The second-order valence-electron chi connectivity index (χ2n) is 3.35. The lowest BCUT2D eigenvalue weighted by atomic mass is 9.92. The van der Waals surface area contributed by atoms with Crippen molar-refractivity contribution in [3.8, 4) is 0 Å². The Hall–Kier alpha value is -0.360. The molecular formula is C6H12O9. The largest absolute Gasteiger partial charge is 0.368 e. The van der Waals surface area contributed by atoms with Crippen LogP contribution in [0.2, 0.25) is 0 Å². The van der Waals surface area contributed by atoms with Gasteiger partial charge in [-0.3, -0.25) is 0 Å². The highest BCUT2D eigenvalue weighted by molar-refractivity contribution is 4.96. The second-order valence-corrected chi connectivity index (χ2v) is 3.35. The number of ether oxygens (including phenoxy) is 1. The molecule has 0 aromatic carbocycles. The predicted octanol–water partition coefficient (Wildman–Crippen LogP) is -4.91. The molecule has 8 N–H and O–H groups in total. The third kappa shape index (κ3) is 1.85. The number of hydrogen-bond acceptors (Lipinski definition) is 9. The molecule has 0 spiro atoms. The predicted molar refractivity (Wildman–Crippen MR) is 39.2 cm³/mol.